The predicted octanol–water partition coefficient (Wildman–Crippen LogP) is -0.504. The highest BCUT2D eigenvalue weighted by Gasteiger charge is 2.35. The molecule has 0 radical (unpaired) electrons. The van der Waals surface area contributed by atoms with Crippen molar-refractivity contribution in [3.63, 3.8) is 0 Å². The Balaban J connectivity index is 2.65. The van der Waals surface area contributed by atoms with E-state index in [9.17, 15) is 9.59 Å². The van der Waals surface area contributed by atoms with Crippen LogP contribution in [-0.2, 0) is 9.59 Å². The quantitative estimate of drug-likeness (QED) is 0.567. The van der Waals surface area contributed by atoms with Crippen LogP contribution in [0.3, 0.4) is 0 Å². The normalized spacial score (nSPS) is 30.3. The standard InChI is InChI=1S/C7H11NO3/c1-4(9)5-2-8-3-6(5)7(10)11/h5-6,8H,2-3H2,1H3,(H,10,11). The Morgan fingerprint density at radius 3 is 2.27 bits per heavy atom. The van der Waals surface area contributed by atoms with Crippen LogP contribution >= 0.6 is 0 Å². The summed E-state index contributed by atoms with van der Waals surface area (Å²) in [6.45, 7) is 2.36. The number of nitrogens with one attached hydrogen (secondary N) is 1. The molecule has 0 aromatic rings. The summed E-state index contributed by atoms with van der Waals surface area (Å²) in [6.07, 6.45) is 0. The number of carbonyl (C=O) groups is 2. The number of Topliss-reactive ketones (excluding diaryl/α,β-unsaturated/α-hetero) is 1. The van der Waals surface area contributed by atoms with Crippen molar-refractivity contribution < 1.29 is 14.7 Å². The van der Waals surface area contributed by atoms with E-state index < -0.39 is 11.9 Å². The first-order valence-corrected chi connectivity index (χ1v) is 3.57. The molecule has 0 amide bonds. The maximum Gasteiger partial charge on any atom is 0.308 e. The van der Waals surface area contributed by atoms with E-state index in [-0.39, 0.29) is 11.7 Å². The van der Waals surface area contributed by atoms with E-state index in [1.165, 1.54) is 6.92 Å². The summed E-state index contributed by atoms with van der Waals surface area (Å²) in [6, 6.07) is 0. The van der Waals surface area contributed by atoms with Crippen LogP contribution in [0.1, 0.15) is 6.92 Å². The number of carboxylic acid groups (broad SMARTS) is 1. The minimum absolute atomic E-state index is 0.0394. The summed E-state index contributed by atoms with van der Waals surface area (Å²) in [5.41, 5.74) is 0. The van der Waals surface area contributed by atoms with Gasteiger partial charge >= 0.3 is 5.97 Å². The minimum Gasteiger partial charge on any atom is -0.481 e. The highest BCUT2D eigenvalue weighted by atomic mass is 16.4. The molecule has 1 saturated heterocycles. The van der Waals surface area contributed by atoms with Crippen LogP contribution in [0.2, 0.25) is 0 Å². The second kappa shape index (κ2) is 3.00. The maximum absolute atomic E-state index is 10.9. The molecule has 0 spiro atoms. The summed E-state index contributed by atoms with van der Waals surface area (Å²) in [5.74, 6) is -1.77. The van der Waals surface area contributed by atoms with Gasteiger partial charge in [-0.15, -0.1) is 0 Å². The molecule has 4 heteroatoms. The molecule has 2 N–H and O–H groups in total. The Bertz CT molecular complexity index is 170. The van der Waals surface area contributed by atoms with Crippen LogP contribution in [-0.4, -0.2) is 29.9 Å². The third-order valence-electron chi connectivity index (χ3n) is 2.05. The number of aliphatic carboxylic acids is 1. The molecule has 1 aliphatic rings. The lowest BCUT2D eigenvalue weighted by atomic mass is 9.93. The Kier molecular flexibility index (Phi) is 2.24. The van der Waals surface area contributed by atoms with Crippen LogP contribution < -0.4 is 5.32 Å². The number of rotatable bonds is 2. The van der Waals surface area contributed by atoms with E-state index in [1.807, 2.05) is 0 Å². The molecule has 0 aromatic heterocycles. The fourth-order valence-corrected chi connectivity index (χ4v) is 1.37. The van der Waals surface area contributed by atoms with Gasteiger partial charge in [0.15, 0.2) is 0 Å². The minimum atomic E-state index is -0.879. The molecule has 1 aliphatic heterocycles. The molecule has 0 bridgehead atoms. The van der Waals surface area contributed by atoms with Crippen LogP contribution in [0, 0.1) is 11.8 Å². The third kappa shape index (κ3) is 1.57. The Hall–Kier alpha value is -0.900. The molecule has 0 aliphatic carbocycles. The topological polar surface area (TPSA) is 66.4 Å². The largest absolute Gasteiger partial charge is 0.481 e. The van der Waals surface area contributed by atoms with Gasteiger partial charge in [0.1, 0.15) is 5.78 Å². The molecule has 2 atom stereocenters. The van der Waals surface area contributed by atoms with Gasteiger partial charge < -0.3 is 10.4 Å². The summed E-state index contributed by atoms with van der Waals surface area (Å²) in [7, 11) is 0. The lowest BCUT2D eigenvalue weighted by Crippen LogP contribution is -2.26. The Morgan fingerprint density at radius 2 is 1.91 bits per heavy atom. The molecule has 11 heavy (non-hydrogen) atoms. The Morgan fingerprint density at radius 1 is 1.36 bits per heavy atom. The summed E-state index contributed by atoms with van der Waals surface area (Å²) >= 11 is 0. The summed E-state index contributed by atoms with van der Waals surface area (Å²) in [5, 5.41) is 11.5. The third-order valence-corrected chi connectivity index (χ3v) is 2.05. The van der Waals surface area contributed by atoms with E-state index in [1.54, 1.807) is 0 Å². The first-order chi connectivity index (χ1) is 5.13. The second-order valence-corrected chi connectivity index (χ2v) is 2.82. The zero-order chi connectivity index (χ0) is 8.43. The molecule has 0 aromatic carbocycles. The SMILES string of the molecule is CC(=O)C1CNCC1C(=O)O. The number of ketones is 1. The second-order valence-electron chi connectivity index (χ2n) is 2.82. The average molecular weight is 157 g/mol. The number of hydrogen-bond donors (Lipinski definition) is 2. The molecule has 1 heterocycles. The van der Waals surface area contributed by atoms with Gasteiger partial charge in [-0.3, -0.25) is 9.59 Å². The lowest BCUT2D eigenvalue weighted by Gasteiger charge is -2.09. The smallest absolute Gasteiger partial charge is 0.308 e. The zero-order valence-corrected chi connectivity index (χ0v) is 6.33. The van der Waals surface area contributed by atoms with Gasteiger partial charge in [0.2, 0.25) is 0 Å². The maximum atomic E-state index is 10.9. The van der Waals surface area contributed by atoms with Crippen molar-refractivity contribution in [3.05, 3.63) is 0 Å². The van der Waals surface area contributed by atoms with E-state index in [4.69, 9.17) is 5.11 Å². The molecule has 62 valence electrons. The highest BCUT2D eigenvalue weighted by molar-refractivity contribution is 5.85. The lowest BCUT2D eigenvalue weighted by molar-refractivity contribution is -0.144. The van der Waals surface area contributed by atoms with Gasteiger partial charge in [0, 0.05) is 19.0 Å². The number of carbonyl (C=O) groups excluding carboxylic acids is 1. The van der Waals surface area contributed by atoms with Crippen molar-refractivity contribution in [2.45, 2.75) is 6.92 Å². The molecule has 2 unspecified atom stereocenters. The molecular weight excluding hydrogens is 146 g/mol. The van der Waals surface area contributed by atoms with Gasteiger partial charge in [-0.05, 0) is 6.92 Å². The predicted molar refractivity (Wildman–Crippen MR) is 38.2 cm³/mol. The van der Waals surface area contributed by atoms with E-state index >= 15 is 0 Å². The van der Waals surface area contributed by atoms with E-state index in [2.05, 4.69) is 5.32 Å². The zero-order valence-electron chi connectivity index (χ0n) is 6.33. The van der Waals surface area contributed by atoms with Crippen molar-refractivity contribution in [1.29, 1.82) is 0 Å². The van der Waals surface area contributed by atoms with Crippen LogP contribution in [0.25, 0.3) is 0 Å². The van der Waals surface area contributed by atoms with Crippen LogP contribution in [0.5, 0.6) is 0 Å². The van der Waals surface area contributed by atoms with Crippen molar-refractivity contribution in [3.8, 4) is 0 Å². The molecule has 0 saturated carbocycles. The first-order valence-electron chi connectivity index (χ1n) is 3.57. The van der Waals surface area contributed by atoms with Crippen molar-refractivity contribution in [2.24, 2.45) is 11.8 Å². The van der Waals surface area contributed by atoms with E-state index in [0.29, 0.717) is 13.1 Å². The van der Waals surface area contributed by atoms with Crippen LogP contribution in [0.15, 0.2) is 0 Å². The van der Waals surface area contributed by atoms with E-state index in [0.717, 1.165) is 0 Å². The number of carboxylic acids is 1. The van der Waals surface area contributed by atoms with Crippen LogP contribution in [0.4, 0.5) is 0 Å². The van der Waals surface area contributed by atoms with Gasteiger partial charge in [-0.25, -0.2) is 0 Å². The van der Waals surface area contributed by atoms with Gasteiger partial charge in [-0.2, -0.15) is 0 Å². The first kappa shape index (κ1) is 8.20. The summed E-state index contributed by atoms with van der Waals surface area (Å²) in [4.78, 5) is 21.4. The number of hydrogen-bond acceptors (Lipinski definition) is 3. The average Bonchev–Trinajstić information content (AvgIpc) is 2.32. The fourth-order valence-electron chi connectivity index (χ4n) is 1.37. The van der Waals surface area contributed by atoms with Gasteiger partial charge in [0.05, 0.1) is 5.92 Å². The highest BCUT2D eigenvalue weighted by Crippen LogP contribution is 2.17. The molecule has 1 rings (SSSR count). The van der Waals surface area contributed by atoms with Crippen molar-refractivity contribution in [1.82, 2.24) is 5.32 Å². The molecule has 4 nitrogen and oxygen atoms in total. The van der Waals surface area contributed by atoms with Gasteiger partial charge in [0.25, 0.3) is 0 Å². The molecular formula is C7H11NO3. The fraction of sp³-hybridized carbons (Fsp3) is 0.714. The van der Waals surface area contributed by atoms with Crippen molar-refractivity contribution >= 4 is 11.8 Å². The Labute approximate surface area is 64.6 Å². The molecule has 1 fully saturated rings. The monoisotopic (exact) mass is 157 g/mol. The van der Waals surface area contributed by atoms with Crippen molar-refractivity contribution in [2.75, 3.05) is 13.1 Å². The summed E-state index contributed by atoms with van der Waals surface area (Å²) < 4.78 is 0. The van der Waals surface area contributed by atoms with Gasteiger partial charge in [-0.1, -0.05) is 0 Å².